The molecule has 2 heterocycles. The number of thiazole rings is 1. The van der Waals surface area contributed by atoms with E-state index in [2.05, 4.69) is 22.4 Å². The van der Waals surface area contributed by atoms with Gasteiger partial charge in [0.25, 0.3) is 0 Å². The van der Waals surface area contributed by atoms with Crippen molar-refractivity contribution in [3.63, 3.8) is 0 Å². The van der Waals surface area contributed by atoms with Crippen molar-refractivity contribution in [1.82, 2.24) is 9.88 Å². The van der Waals surface area contributed by atoms with Crippen molar-refractivity contribution in [3.8, 4) is 0 Å². The molecule has 3 aromatic rings. The van der Waals surface area contributed by atoms with Crippen molar-refractivity contribution in [2.45, 2.75) is 32.0 Å². The summed E-state index contributed by atoms with van der Waals surface area (Å²) in [4.78, 5) is 18.9. The SMILES string of the molecule is NC(=O)[C@H]1Cc2ccccc2CN1Cc1csc(Cc2ccc(Cl)cc2)n1. The smallest absolute Gasteiger partial charge is 0.235 e. The van der Waals surface area contributed by atoms with Crippen LogP contribution in [0.3, 0.4) is 0 Å². The largest absolute Gasteiger partial charge is 0.368 e. The molecule has 138 valence electrons. The number of benzene rings is 2. The molecule has 0 bridgehead atoms. The summed E-state index contributed by atoms with van der Waals surface area (Å²) < 4.78 is 0. The van der Waals surface area contributed by atoms with E-state index >= 15 is 0 Å². The average molecular weight is 398 g/mol. The number of nitrogens with zero attached hydrogens (tertiary/aromatic N) is 2. The monoisotopic (exact) mass is 397 g/mol. The third-order valence-corrected chi connectivity index (χ3v) is 6.06. The van der Waals surface area contributed by atoms with Crippen LogP contribution in [0.2, 0.25) is 5.02 Å². The molecule has 27 heavy (non-hydrogen) atoms. The van der Waals surface area contributed by atoms with Crippen LogP contribution in [0.5, 0.6) is 0 Å². The molecule has 4 rings (SSSR count). The maximum absolute atomic E-state index is 12.0. The van der Waals surface area contributed by atoms with Crippen molar-refractivity contribution in [2.24, 2.45) is 5.73 Å². The van der Waals surface area contributed by atoms with Gasteiger partial charge in [0, 0.05) is 29.9 Å². The molecule has 0 radical (unpaired) electrons. The molecular weight excluding hydrogens is 378 g/mol. The lowest BCUT2D eigenvalue weighted by atomic mass is 9.93. The third-order valence-electron chi connectivity index (χ3n) is 4.91. The Balaban J connectivity index is 1.49. The zero-order valence-electron chi connectivity index (χ0n) is 14.8. The molecule has 4 nitrogen and oxygen atoms in total. The van der Waals surface area contributed by atoms with E-state index in [0.29, 0.717) is 19.5 Å². The molecule has 0 spiro atoms. The maximum Gasteiger partial charge on any atom is 0.235 e. The van der Waals surface area contributed by atoms with E-state index in [1.807, 2.05) is 36.4 Å². The number of rotatable bonds is 5. The Hall–Kier alpha value is -2.21. The molecule has 0 saturated carbocycles. The van der Waals surface area contributed by atoms with Crippen molar-refractivity contribution in [3.05, 3.63) is 86.3 Å². The maximum atomic E-state index is 12.0. The Bertz CT molecular complexity index is 954. The molecule has 1 aromatic heterocycles. The fourth-order valence-corrected chi connectivity index (χ4v) is 4.46. The number of carbonyl (C=O) groups is 1. The van der Waals surface area contributed by atoms with Crippen molar-refractivity contribution >= 4 is 28.8 Å². The van der Waals surface area contributed by atoms with Crippen molar-refractivity contribution < 1.29 is 4.79 Å². The van der Waals surface area contributed by atoms with Crippen LogP contribution in [0.25, 0.3) is 0 Å². The van der Waals surface area contributed by atoms with Crippen LogP contribution in [-0.2, 0) is 30.7 Å². The van der Waals surface area contributed by atoms with Crippen LogP contribution >= 0.6 is 22.9 Å². The number of halogens is 1. The van der Waals surface area contributed by atoms with Crippen LogP contribution in [0.4, 0.5) is 0 Å². The Labute approximate surface area is 167 Å². The van der Waals surface area contributed by atoms with Gasteiger partial charge >= 0.3 is 0 Å². The normalized spacial score (nSPS) is 16.9. The summed E-state index contributed by atoms with van der Waals surface area (Å²) in [5.74, 6) is -0.277. The van der Waals surface area contributed by atoms with Gasteiger partial charge in [-0.3, -0.25) is 9.69 Å². The molecule has 6 heteroatoms. The highest BCUT2D eigenvalue weighted by Gasteiger charge is 2.30. The first-order chi connectivity index (χ1) is 13.1. The van der Waals surface area contributed by atoms with Crippen molar-refractivity contribution in [1.29, 1.82) is 0 Å². The Morgan fingerprint density at radius 1 is 1.19 bits per heavy atom. The quantitative estimate of drug-likeness (QED) is 0.712. The zero-order valence-corrected chi connectivity index (χ0v) is 16.3. The van der Waals surface area contributed by atoms with Gasteiger partial charge in [-0.2, -0.15) is 0 Å². The van der Waals surface area contributed by atoms with E-state index in [-0.39, 0.29) is 11.9 Å². The number of aromatic nitrogens is 1. The Kier molecular flexibility index (Phi) is 5.25. The highest BCUT2D eigenvalue weighted by molar-refractivity contribution is 7.09. The summed E-state index contributed by atoms with van der Waals surface area (Å²) in [5, 5.41) is 3.87. The molecule has 0 saturated heterocycles. The van der Waals surface area contributed by atoms with E-state index in [1.54, 1.807) is 11.3 Å². The molecule has 1 atom stereocenters. The molecule has 1 aliphatic rings. The minimum Gasteiger partial charge on any atom is -0.368 e. The van der Waals surface area contributed by atoms with Gasteiger partial charge in [0.05, 0.1) is 16.7 Å². The first kappa shape index (κ1) is 18.2. The lowest BCUT2D eigenvalue weighted by Gasteiger charge is -2.34. The number of fused-ring (bicyclic) bond motifs is 1. The number of amides is 1. The topological polar surface area (TPSA) is 59.2 Å². The average Bonchev–Trinajstić information content (AvgIpc) is 3.10. The lowest BCUT2D eigenvalue weighted by molar-refractivity contribution is -0.124. The molecule has 0 unspecified atom stereocenters. The molecule has 0 fully saturated rings. The fraction of sp³-hybridized carbons (Fsp3) is 0.238. The van der Waals surface area contributed by atoms with Crippen LogP contribution in [0.1, 0.15) is 27.4 Å². The van der Waals surface area contributed by atoms with Crippen molar-refractivity contribution in [2.75, 3.05) is 0 Å². The summed E-state index contributed by atoms with van der Waals surface area (Å²) in [6, 6.07) is 15.8. The second-order valence-corrected chi connectivity index (χ2v) is 8.21. The summed E-state index contributed by atoms with van der Waals surface area (Å²) in [5.41, 5.74) is 10.3. The van der Waals surface area contributed by atoms with Crippen LogP contribution < -0.4 is 5.73 Å². The highest BCUT2D eigenvalue weighted by Crippen LogP contribution is 2.26. The second kappa shape index (κ2) is 7.80. The van der Waals surface area contributed by atoms with Gasteiger partial charge in [0.2, 0.25) is 5.91 Å². The van der Waals surface area contributed by atoms with E-state index < -0.39 is 0 Å². The molecule has 1 amide bonds. The Morgan fingerprint density at radius 3 is 2.67 bits per heavy atom. The Morgan fingerprint density at radius 2 is 1.93 bits per heavy atom. The van der Waals surface area contributed by atoms with Gasteiger partial charge in [-0.1, -0.05) is 48.0 Å². The fourth-order valence-electron chi connectivity index (χ4n) is 3.51. The minimum atomic E-state index is -0.290. The summed E-state index contributed by atoms with van der Waals surface area (Å²) in [7, 11) is 0. The predicted molar refractivity (Wildman–Crippen MR) is 109 cm³/mol. The molecule has 1 aliphatic heterocycles. The summed E-state index contributed by atoms with van der Waals surface area (Å²) in [6.45, 7) is 1.34. The zero-order chi connectivity index (χ0) is 18.8. The van der Waals surface area contributed by atoms with E-state index in [4.69, 9.17) is 22.3 Å². The van der Waals surface area contributed by atoms with Gasteiger partial charge in [-0.05, 0) is 35.2 Å². The molecular formula is C21H20ClN3OS. The van der Waals surface area contributed by atoms with Crippen LogP contribution in [-0.4, -0.2) is 21.8 Å². The number of carbonyl (C=O) groups excluding carboxylic acids is 1. The van der Waals surface area contributed by atoms with Gasteiger partial charge in [0.1, 0.15) is 0 Å². The predicted octanol–water partition coefficient (Wildman–Crippen LogP) is 3.80. The van der Waals surface area contributed by atoms with E-state index in [0.717, 1.165) is 22.1 Å². The van der Waals surface area contributed by atoms with Crippen LogP contribution in [0.15, 0.2) is 53.9 Å². The number of hydrogen-bond donors (Lipinski definition) is 1. The van der Waals surface area contributed by atoms with Gasteiger partial charge in [-0.25, -0.2) is 4.98 Å². The summed E-state index contributed by atoms with van der Waals surface area (Å²) >= 11 is 7.59. The van der Waals surface area contributed by atoms with Gasteiger partial charge in [-0.15, -0.1) is 11.3 Å². The lowest BCUT2D eigenvalue weighted by Crippen LogP contribution is -2.48. The van der Waals surface area contributed by atoms with E-state index in [9.17, 15) is 4.79 Å². The molecule has 2 aromatic carbocycles. The number of hydrogen-bond acceptors (Lipinski definition) is 4. The summed E-state index contributed by atoms with van der Waals surface area (Å²) in [6.07, 6.45) is 1.44. The van der Waals surface area contributed by atoms with Crippen LogP contribution in [0, 0.1) is 0 Å². The molecule has 2 N–H and O–H groups in total. The molecule has 0 aliphatic carbocycles. The third kappa shape index (κ3) is 4.21. The second-order valence-electron chi connectivity index (χ2n) is 6.83. The number of nitrogens with two attached hydrogens (primary N) is 1. The standard InChI is InChI=1S/C21H20ClN3OS/c22-17-7-5-14(6-8-17)9-20-24-18(13-27-20)12-25-11-16-4-2-1-3-15(16)10-19(25)21(23)26/h1-8,13,19H,9-12H2,(H2,23,26)/t19-/m1/s1. The highest BCUT2D eigenvalue weighted by atomic mass is 35.5. The first-order valence-electron chi connectivity index (χ1n) is 8.86. The first-order valence-corrected chi connectivity index (χ1v) is 10.1. The number of primary amides is 1. The van der Waals surface area contributed by atoms with Gasteiger partial charge < -0.3 is 5.73 Å². The minimum absolute atomic E-state index is 0.277. The van der Waals surface area contributed by atoms with E-state index in [1.165, 1.54) is 16.7 Å². The van der Waals surface area contributed by atoms with Gasteiger partial charge in [0.15, 0.2) is 0 Å².